The summed E-state index contributed by atoms with van der Waals surface area (Å²) < 4.78 is 10.0. The molecule has 8 nitrogen and oxygen atoms in total. The van der Waals surface area contributed by atoms with Crippen molar-refractivity contribution >= 4 is 0 Å². The molecule has 0 saturated carbocycles. The lowest BCUT2D eigenvalue weighted by molar-refractivity contribution is 0.114. The first-order chi connectivity index (χ1) is 15.3. The zero-order chi connectivity index (χ0) is 24.8. The van der Waals surface area contributed by atoms with E-state index in [2.05, 4.69) is 0 Å². The second kappa shape index (κ2) is 11.0. The van der Waals surface area contributed by atoms with Crippen molar-refractivity contribution in [3.63, 3.8) is 0 Å². The number of aliphatic hydroxyl groups is 2. The highest BCUT2D eigenvalue weighted by Crippen LogP contribution is 2.30. The van der Waals surface area contributed by atoms with Gasteiger partial charge in [0.05, 0.1) is 24.7 Å². The summed E-state index contributed by atoms with van der Waals surface area (Å²) in [7, 11) is 0. The minimum absolute atomic E-state index is 0.369. The standard InChI is InChI=1S/C25H36O8/c1-24(2,18-12-32-14-20(28)22(18)30)10-8-16(26)6-5-7-17(27)9-11-25(3,4)19-13-33-15-21(29)23(19)31/h12-17,26-29H,5-11H2,1-4H3. The third kappa shape index (κ3) is 7.20. The molecule has 0 radical (unpaired) electrons. The molecule has 0 aliphatic heterocycles. The Morgan fingerprint density at radius 2 is 1.06 bits per heavy atom. The molecule has 0 saturated heterocycles. The summed E-state index contributed by atoms with van der Waals surface area (Å²) in [5, 5.41) is 39.9. The van der Waals surface area contributed by atoms with E-state index in [0.29, 0.717) is 56.1 Å². The van der Waals surface area contributed by atoms with Crippen molar-refractivity contribution in [3.8, 4) is 11.5 Å². The Morgan fingerprint density at radius 3 is 1.42 bits per heavy atom. The molecule has 2 aromatic heterocycles. The van der Waals surface area contributed by atoms with Gasteiger partial charge in [-0.3, -0.25) is 9.59 Å². The predicted molar refractivity (Wildman–Crippen MR) is 124 cm³/mol. The van der Waals surface area contributed by atoms with Crippen molar-refractivity contribution in [1.82, 2.24) is 0 Å². The van der Waals surface area contributed by atoms with Crippen LogP contribution in [0.1, 0.15) is 83.8 Å². The van der Waals surface area contributed by atoms with Crippen LogP contribution in [0.25, 0.3) is 0 Å². The van der Waals surface area contributed by atoms with E-state index in [0.717, 1.165) is 12.5 Å². The van der Waals surface area contributed by atoms with Crippen molar-refractivity contribution < 1.29 is 29.3 Å². The van der Waals surface area contributed by atoms with E-state index in [9.17, 15) is 30.0 Å². The van der Waals surface area contributed by atoms with Gasteiger partial charge in [0.2, 0.25) is 10.9 Å². The fraction of sp³-hybridized carbons (Fsp3) is 0.600. The SMILES string of the molecule is CC(C)(CCC(O)CCCC(O)CCC(C)(C)c1cocc(O)c1=O)c1cocc(O)c1=O. The highest BCUT2D eigenvalue weighted by atomic mass is 16.3. The van der Waals surface area contributed by atoms with Gasteiger partial charge in [0.15, 0.2) is 11.5 Å². The van der Waals surface area contributed by atoms with Crippen molar-refractivity contribution in [3.05, 3.63) is 56.6 Å². The number of hydrogen-bond acceptors (Lipinski definition) is 8. The summed E-state index contributed by atoms with van der Waals surface area (Å²) in [6, 6.07) is 0. The van der Waals surface area contributed by atoms with E-state index < -0.39 is 45.4 Å². The molecule has 4 N–H and O–H groups in total. The van der Waals surface area contributed by atoms with Crippen LogP contribution < -0.4 is 10.9 Å². The molecule has 0 amide bonds. The maximum Gasteiger partial charge on any atom is 0.230 e. The van der Waals surface area contributed by atoms with Gasteiger partial charge in [0.1, 0.15) is 12.5 Å². The van der Waals surface area contributed by atoms with Crippen LogP contribution in [-0.2, 0) is 10.8 Å². The van der Waals surface area contributed by atoms with E-state index >= 15 is 0 Å². The van der Waals surface area contributed by atoms with Crippen LogP contribution in [0.2, 0.25) is 0 Å². The molecule has 0 aliphatic rings. The van der Waals surface area contributed by atoms with Gasteiger partial charge in [-0.2, -0.15) is 0 Å². The predicted octanol–water partition coefficient (Wildman–Crippen LogP) is 3.71. The molecule has 8 heteroatoms. The molecule has 2 heterocycles. The van der Waals surface area contributed by atoms with Crippen molar-refractivity contribution in [2.24, 2.45) is 0 Å². The third-order valence-corrected chi connectivity index (χ3v) is 6.42. The smallest absolute Gasteiger partial charge is 0.230 e. The Labute approximate surface area is 193 Å². The van der Waals surface area contributed by atoms with Crippen molar-refractivity contribution in [2.45, 2.75) is 95.7 Å². The summed E-state index contributed by atoms with van der Waals surface area (Å²) in [4.78, 5) is 24.3. The Morgan fingerprint density at radius 1 is 0.697 bits per heavy atom. The number of aliphatic hydroxyl groups excluding tert-OH is 2. The van der Waals surface area contributed by atoms with Gasteiger partial charge in [-0.1, -0.05) is 27.7 Å². The van der Waals surface area contributed by atoms with E-state index in [1.807, 2.05) is 27.7 Å². The zero-order valence-electron chi connectivity index (χ0n) is 19.8. The average molecular weight is 465 g/mol. The Bertz CT molecular complexity index is 936. The molecule has 2 aromatic rings. The van der Waals surface area contributed by atoms with Crippen molar-refractivity contribution in [1.29, 1.82) is 0 Å². The van der Waals surface area contributed by atoms with Crippen LogP contribution in [0, 0.1) is 0 Å². The first-order valence-electron chi connectivity index (χ1n) is 11.3. The quantitative estimate of drug-likeness (QED) is 0.372. The first kappa shape index (κ1) is 26.7. The minimum Gasteiger partial charge on any atom is -0.502 e. The Kier molecular flexibility index (Phi) is 8.91. The highest BCUT2D eigenvalue weighted by Gasteiger charge is 2.28. The second-order valence-corrected chi connectivity index (χ2v) is 10.1. The van der Waals surface area contributed by atoms with Crippen LogP contribution in [0.15, 0.2) is 43.5 Å². The summed E-state index contributed by atoms with van der Waals surface area (Å²) in [6.07, 6.45) is 7.20. The fourth-order valence-corrected chi connectivity index (χ4v) is 3.96. The average Bonchev–Trinajstić information content (AvgIpc) is 2.74. The first-order valence-corrected chi connectivity index (χ1v) is 11.3. The third-order valence-electron chi connectivity index (χ3n) is 6.42. The molecule has 0 aromatic carbocycles. The summed E-state index contributed by atoms with van der Waals surface area (Å²) >= 11 is 0. The molecule has 2 unspecified atom stereocenters. The molecule has 0 spiro atoms. The van der Waals surface area contributed by atoms with Crippen LogP contribution in [0.5, 0.6) is 11.5 Å². The van der Waals surface area contributed by atoms with Crippen LogP contribution in [0.3, 0.4) is 0 Å². The summed E-state index contributed by atoms with van der Waals surface area (Å²) in [6.45, 7) is 7.46. The van der Waals surface area contributed by atoms with E-state index in [-0.39, 0.29) is 0 Å². The van der Waals surface area contributed by atoms with Gasteiger partial charge in [0.25, 0.3) is 0 Å². The van der Waals surface area contributed by atoms with E-state index in [1.54, 1.807) is 0 Å². The monoisotopic (exact) mass is 464 g/mol. The van der Waals surface area contributed by atoms with Gasteiger partial charge in [-0.25, -0.2) is 0 Å². The van der Waals surface area contributed by atoms with Gasteiger partial charge >= 0.3 is 0 Å². The molecule has 184 valence electrons. The summed E-state index contributed by atoms with van der Waals surface area (Å²) in [5.74, 6) is -0.855. The molecule has 0 aliphatic carbocycles. The lowest BCUT2D eigenvalue weighted by atomic mass is 9.79. The number of hydrogen-bond donors (Lipinski definition) is 4. The molecule has 2 atom stereocenters. The molecule has 0 bridgehead atoms. The van der Waals surface area contributed by atoms with Crippen molar-refractivity contribution in [2.75, 3.05) is 0 Å². The second-order valence-electron chi connectivity index (χ2n) is 10.1. The highest BCUT2D eigenvalue weighted by molar-refractivity contribution is 5.27. The minimum atomic E-state index is -0.575. The van der Waals surface area contributed by atoms with E-state index in [1.165, 1.54) is 12.5 Å². The van der Waals surface area contributed by atoms with Gasteiger partial charge in [-0.15, -0.1) is 0 Å². The molecule has 2 rings (SSSR count). The fourth-order valence-electron chi connectivity index (χ4n) is 3.96. The number of aromatic hydroxyl groups is 2. The molecule has 0 fully saturated rings. The Hall–Kier alpha value is -2.58. The lowest BCUT2D eigenvalue weighted by Gasteiger charge is -2.26. The largest absolute Gasteiger partial charge is 0.502 e. The van der Waals surface area contributed by atoms with Crippen LogP contribution >= 0.6 is 0 Å². The van der Waals surface area contributed by atoms with Gasteiger partial charge in [0, 0.05) is 11.1 Å². The van der Waals surface area contributed by atoms with Crippen LogP contribution in [0.4, 0.5) is 0 Å². The normalized spacial score (nSPS) is 14.2. The summed E-state index contributed by atoms with van der Waals surface area (Å²) in [5.41, 5.74) is -1.32. The molecular formula is C25H36O8. The maximum atomic E-state index is 12.1. The molecular weight excluding hydrogens is 428 g/mol. The van der Waals surface area contributed by atoms with Gasteiger partial charge in [-0.05, 0) is 55.8 Å². The topological polar surface area (TPSA) is 141 Å². The maximum absolute atomic E-state index is 12.1. The Balaban J connectivity index is 1.77. The van der Waals surface area contributed by atoms with Crippen LogP contribution in [-0.4, -0.2) is 32.6 Å². The van der Waals surface area contributed by atoms with E-state index in [4.69, 9.17) is 8.83 Å². The molecule has 33 heavy (non-hydrogen) atoms. The zero-order valence-corrected chi connectivity index (χ0v) is 19.8. The lowest BCUT2D eigenvalue weighted by Crippen LogP contribution is -2.27. The van der Waals surface area contributed by atoms with Gasteiger partial charge < -0.3 is 29.3 Å². The number of rotatable bonds is 12.